The SMILES string of the molecule is CC1=C(C)C(=O)N(C(C)N(C)C)C1=O. The van der Waals surface area contributed by atoms with Gasteiger partial charge in [0.15, 0.2) is 0 Å². The maximum absolute atomic E-state index is 11.7. The average molecular weight is 196 g/mol. The van der Waals surface area contributed by atoms with Crippen molar-refractivity contribution in [2.24, 2.45) is 0 Å². The van der Waals surface area contributed by atoms with Crippen molar-refractivity contribution in [2.75, 3.05) is 14.1 Å². The molecule has 0 spiro atoms. The van der Waals surface area contributed by atoms with E-state index in [0.29, 0.717) is 11.1 Å². The molecule has 0 fully saturated rings. The lowest BCUT2D eigenvalue weighted by atomic mass is 10.2. The fraction of sp³-hybridized carbons (Fsp3) is 0.600. The number of nitrogens with zero attached hydrogens (tertiary/aromatic N) is 2. The van der Waals surface area contributed by atoms with Crippen LogP contribution in [0.3, 0.4) is 0 Å². The first-order valence-corrected chi connectivity index (χ1v) is 4.59. The van der Waals surface area contributed by atoms with Gasteiger partial charge in [-0.2, -0.15) is 0 Å². The van der Waals surface area contributed by atoms with Gasteiger partial charge in [0, 0.05) is 11.1 Å². The molecule has 0 aromatic rings. The number of carbonyl (C=O) groups excluding carboxylic acids is 2. The second-order valence-electron chi connectivity index (χ2n) is 3.83. The fourth-order valence-electron chi connectivity index (χ4n) is 1.34. The zero-order valence-corrected chi connectivity index (χ0v) is 9.29. The van der Waals surface area contributed by atoms with E-state index in [9.17, 15) is 9.59 Å². The Hall–Kier alpha value is -1.16. The second kappa shape index (κ2) is 3.53. The normalized spacial score (nSPS) is 20.0. The summed E-state index contributed by atoms with van der Waals surface area (Å²) >= 11 is 0. The van der Waals surface area contributed by atoms with Crippen molar-refractivity contribution in [1.82, 2.24) is 9.80 Å². The van der Waals surface area contributed by atoms with Crippen LogP contribution in [-0.4, -0.2) is 41.9 Å². The van der Waals surface area contributed by atoms with Gasteiger partial charge < -0.3 is 0 Å². The summed E-state index contributed by atoms with van der Waals surface area (Å²) in [7, 11) is 3.68. The van der Waals surface area contributed by atoms with Crippen LogP contribution in [0.25, 0.3) is 0 Å². The Bertz CT molecular complexity index is 294. The smallest absolute Gasteiger partial charge is 0.258 e. The van der Waals surface area contributed by atoms with Gasteiger partial charge in [-0.3, -0.25) is 19.4 Å². The number of amides is 2. The van der Waals surface area contributed by atoms with E-state index in [2.05, 4.69) is 0 Å². The molecule has 0 saturated heterocycles. The highest BCUT2D eigenvalue weighted by Crippen LogP contribution is 2.22. The van der Waals surface area contributed by atoms with Crippen molar-refractivity contribution in [1.29, 1.82) is 0 Å². The molecule has 1 aliphatic heterocycles. The predicted octanol–water partition coefficient (Wildman–Crippen LogP) is 0.599. The Kier molecular flexibility index (Phi) is 2.76. The maximum Gasteiger partial charge on any atom is 0.258 e. The van der Waals surface area contributed by atoms with Gasteiger partial charge in [0.25, 0.3) is 11.8 Å². The van der Waals surface area contributed by atoms with Crippen molar-refractivity contribution < 1.29 is 9.59 Å². The number of hydrogen-bond donors (Lipinski definition) is 0. The molecule has 1 heterocycles. The van der Waals surface area contributed by atoms with Gasteiger partial charge in [-0.05, 0) is 34.9 Å². The molecule has 1 atom stereocenters. The van der Waals surface area contributed by atoms with E-state index in [0.717, 1.165) is 0 Å². The Morgan fingerprint density at radius 1 is 1.07 bits per heavy atom. The van der Waals surface area contributed by atoms with Crippen LogP contribution in [0.15, 0.2) is 11.1 Å². The van der Waals surface area contributed by atoms with Crippen molar-refractivity contribution >= 4 is 11.8 Å². The van der Waals surface area contributed by atoms with Crippen molar-refractivity contribution in [3.05, 3.63) is 11.1 Å². The molecule has 0 radical (unpaired) electrons. The monoisotopic (exact) mass is 196 g/mol. The molecule has 1 unspecified atom stereocenters. The van der Waals surface area contributed by atoms with Crippen LogP contribution in [0.2, 0.25) is 0 Å². The van der Waals surface area contributed by atoms with Crippen LogP contribution in [0.4, 0.5) is 0 Å². The van der Waals surface area contributed by atoms with Crippen LogP contribution in [-0.2, 0) is 9.59 Å². The molecule has 1 rings (SSSR count). The van der Waals surface area contributed by atoms with Crippen LogP contribution in [0, 0.1) is 0 Å². The van der Waals surface area contributed by atoms with Crippen molar-refractivity contribution in [3.8, 4) is 0 Å². The minimum atomic E-state index is -0.192. The summed E-state index contributed by atoms with van der Waals surface area (Å²) in [5.74, 6) is -0.345. The minimum Gasteiger partial charge on any atom is -0.289 e. The number of rotatable bonds is 2. The first kappa shape index (κ1) is 10.9. The molecule has 4 nitrogen and oxygen atoms in total. The largest absolute Gasteiger partial charge is 0.289 e. The second-order valence-corrected chi connectivity index (χ2v) is 3.83. The lowest BCUT2D eigenvalue weighted by Crippen LogP contribution is -2.46. The summed E-state index contributed by atoms with van der Waals surface area (Å²) in [6.45, 7) is 5.22. The highest BCUT2D eigenvalue weighted by Gasteiger charge is 2.37. The third-order valence-electron chi connectivity index (χ3n) is 2.76. The molecular weight excluding hydrogens is 180 g/mol. The molecule has 0 aromatic carbocycles. The van der Waals surface area contributed by atoms with Crippen molar-refractivity contribution in [2.45, 2.75) is 26.9 Å². The number of carbonyl (C=O) groups is 2. The van der Waals surface area contributed by atoms with Gasteiger partial charge in [-0.25, -0.2) is 0 Å². The van der Waals surface area contributed by atoms with Crippen LogP contribution in [0.1, 0.15) is 20.8 Å². The highest BCUT2D eigenvalue weighted by atomic mass is 16.2. The van der Waals surface area contributed by atoms with Crippen LogP contribution < -0.4 is 0 Å². The average Bonchev–Trinajstić information content (AvgIpc) is 2.30. The topological polar surface area (TPSA) is 40.6 Å². The quantitative estimate of drug-likeness (QED) is 0.607. The Morgan fingerprint density at radius 2 is 1.43 bits per heavy atom. The summed E-state index contributed by atoms with van der Waals surface area (Å²) in [5.41, 5.74) is 1.12. The Morgan fingerprint density at radius 3 is 1.71 bits per heavy atom. The van der Waals surface area contributed by atoms with Gasteiger partial charge >= 0.3 is 0 Å². The van der Waals surface area contributed by atoms with E-state index in [1.54, 1.807) is 13.8 Å². The van der Waals surface area contributed by atoms with E-state index in [-0.39, 0.29) is 18.0 Å². The number of hydrogen-bond acceptors (Lipinski definition) is 3. The third kappa shape index (κ3) is 1.46. The van der Waals surface area contributed by atoms with Crippen LogP contribution >= 0.6 is 0 Å². The Labute approximate surface area is 84.2 Å². The van der Waals surface area contributed by atoms with Gasteiger partial charge in [0.1, 0.15) is 0 Å². The lowest BCUT2D eigenvalue weighted by molar-refractivity contribution is -0.143. The third-order valence-corrected chi connectivity index (χ3v) is 2.76. The van der Waals surface area contributed by atoms with Gasteiger partial charge in [-0.1, -0.05) is 0 Å². The summed E-state index contributed by atoms with van der Waals surface area (Å²) in [6, 6.07) is 0. The molecule has 0 aliphatic carbocycles. The highest BCUT2D eigenvalue weighted by molar-refractivity contribution is 6.18. The summed E-state index contributed by atoms with van der Waals surface area (Å²) in [6.07, 6.45) is -0.192. The standard InChI is InChI=1S/C10H16N2O2/c1-6-7(2)10(14)12(9(6)13)8(3)11(4)5/h8H,1-5H3. The minimum absolute atomic E-state index is 0.172. The fourth-order valence-corrected chi connectivity index (χ4v) is 1.34. The molecule has 0 bridgehead atoms. The van der Waals surface area contributed by atoms with Gasteiger partial charge in [0.05, 0.1) is 6.17 Å². The predicted molar refractivity (Wildman–Crippen MR) is 53.4 cm³/mol. The first-order valence-electron chi connectivity index (χ1n) is 4.59. The zero-order valence-electron chi connectivity index (χ0n) is 9.29. The van der Waals surface area contributed by atoms with E-state index in [1.165, 1.54) is 4.90 Å². The lowest BCUT2D eigenvalue weighted by Gasteiger charge is -2.28. The summed E-state index contributed by atoms with van der Waals surface area (Å²) < 4.78 is 0. The molecule has 78 valence electrons. The zero-order chi connectivity index (χ0) is 11.0. The molecule has 2 amide bonds. The molecular formula is C10H16N2O2. The molecule has 1 aliphatic rings. The molecule has 4 heteroatoms. The van der Waals surface area contributed by atoms with Crippen LogP contribution in [0.5, 0.6) is 0 Å². The van der Waals surface area contributed by atoms with Gasteiger partial charge in [0.2, 0.25) is 0 Å². The molecule has 0 saturated carbocycles. The molecule has 0 aromatic heterocycles. The maximum atomic E-state index is 11.7. The van der Waals surface area contributed by atoms with Crippen molar-refractivity contribution in [3.63, 3.8) is 0 Å². The molecule has 14 heavy (non-hydrogen) atoms. The van der Waals surface area contributed by atoms with E-state index < -0.39 is 0 Å². The Balaban J connectivity index is 2.98. The summed E-state index contributed by atoms with van der Waals surface area (Å²) in [5, 5.41) is 0. The number of imide groups is 1. The van der Waals surface area contributed by atoms with E-state index in [4.69, 9.17) is 0 Å². The van der Waals surface area contributed by atoms with E-state index in [1.807, 2.05) is 25.9 Å². The first-order chi connectivity index (χ1) is 6.37. The van der Waals surface area contributed by atoms with E-state index >= 15 is 0 Å². The molecule has 0 N–H and O–H groups in total. The summed E-state index contributed by atoms with van der Waals surface area (Å²) in [4.78, 5) is 26.5. The van der Waals surface area contributed by atoms with Gasteiger partial charge in [-0.15, -0.1) is 0 Å².